The maximum Gasteiger partial charge on any atom is -0.0388 e. The first-order chi connectivity index (χ1) is 9.04. The molecule has 0 aromatic rings. The van der Waals surface area contributed by atoms with Crippen molar-refractivity contribution in [1.29, 1.82) is 0 Å². The zero-order chi connectivity index (χ0) is 14.7. The molecular weight excluding hydrogens is 228 g/mol. The van der Waals surface area contributed by atoms with Gasteiger partial charge in [-0.15, -0.1) is 0 Å². The van der Waals surface area contributed by atoms with E-state index in [4.69, 9.17) is 0 Å². The predicted octanol–water partition coefficient (Wildman–Crippen LogP) is 7.08. The number of hydrogen-bond donors (Lipinski definition) is 0. The van der Waals surface area contributed by atoms with Crippen LogP contribution in [0.15, 0.2) is 0 Å². The summed E-state index contributed by atoms with van der Waals surface area (Å²) in [6.07, 6.45) is 12.8. The summed E-state index contributed by atoms with van der Waals surface area (Å²) in [5.74, 6) is 3.73. The molecule has 116 valence electrons. The van der Waals surface area contributed by atoms with E-state index in [0.29, 0.717) is 0 Å². The summed E-state index contributed by atoms with van der Waals surface area (Å²) in [6.45, 7) is 14.3. The molecular formula is C19H40. The van der Waals surface area contributed by atoms with E-state index < -0.39 is 0 Å². The molecule has 0 saturated carbocycles. The molecule has 0 radical (unpaired) electrons. The third-order valence-electron chi connectivity index (χ3n) is 4.91. The topological polar surface area (TPSA) is 0 Å². The quantitative estimate of drug-likeness (QED) is 0.354. The van der Waals surface area contributed by atoms with Crippen LogP contribution in [-0.4, -0.2) is 0 Å². The van der Waals surface area contributed by atoms with Gasteiger partial charge in [-0.1, -0.05) is 86.5 Å². The van der Waals surface area contributed by atoms with Crippen LogP contribution in [0.3, 0.4) is 0 Å². The summed E-state index contributed by atoms with van der Waals surface area (Å²) >= 11 is 0. The average molecular weight is 269 g/mol. The monoisotopic (exact) mass is 268 g/mol. The van der Waals surface area contributed by atoms with Crippen molar-refractivity contribution in [3.63, 3.8) is 0 Å². The van der Waals surface area contributed by atoms with Crippen LogP contribution in [0.4, 0.5) is 0 Å². The summed E-state index contributed by atoms with van der Waals surface area (Å²) in [4.78, 5) is 0. The van der Waals surface area contributed by atoms with Gasteiger partial charge >= 0.3 is 0 Å². The summed E-state index contributed by atoms with van der Waals surface area (Å²) in [6, 6.07) is 0. The molecule has 0 aromatic heterocycles. The molecule has 19 heavy (non-hydrogen) atoms. The Morgan fingerprint density at radius 3 is 1.79 bits per heavy atom. The van der Waals surface area contributed by atoms with Crippen molar-refractivity contribution >= 4 is 0 Å². The first kappa shape index (κ1) is 19.0. The van der Waals surface area contributed by atoms with Gasteiger partial charge in [0.25, 0.3) is 0 Å². The van der Waals surface area contributed by atoms with E-state index in [1.54, 1.807) is 0 Å². The molecule has 0 spiro atoms. The SMILES string of the molecule is CCCCC(CC(C)CC)CC(CCCC)C(C)C. The fraction of sp³-hybridized carbons (Fsp3) is 1.00. The standard InChI is InChI=1S/C19H40/c1-7-10-12-18(14-17(6)9-3)15-19(16(4)5)13-11-8-2/h16-19H,7-15H2,1-6H3. The maximum absolute atomic E-state index is 2.44. The lowest BCUT2D eigenvalue weighted by Gasteiger charge is -2.28. The van der Waals surface area contributed by atoms with Crippen molar-refractivity contribution in [2.75, 3.05) is 0 Å². The van der Waals surface area contributed by atoms with Crippen LogP contribution in [0.1, 0.15) is 99.3 Å². The molecule has 0 aliphatic heterocycles. The molecule has 3 atom stereocenters. The minimum Gasteiger partial charge on any atom is -0.0654 e. The van der Waals surface area contributed by atoms with Crippen molar-refractivity contribution in [3.8, 4) is 0 Å². The van der Waals surface area contributed by atoms with E-state index in [0.717, 1.165) is 23.7 Å². The minimum atomic E-state index is 0.868. The van der Waals surface area contributed by atoms with Crippen molar-refractivity contribution in [3.05, 3.63) is 0 Å². The molecule has 0 aliphatic carbocycles. The fourth-order valence-corrected chi connectivity index (χ4v) is 3.18. The lowest BCUT2D eigenvalue weighted by atomic mass is 9.78. The third kappa shape index (κ3) is 9.52. The lowest BCUT2D eigenvalue weighted by molar-refractivity contribution is 0.235. The van der Waals surface area contributed by atoms with E-state index in [2.05, 4.69) is 41.5 Å². The molecule has 0 saturated heterocycles. The second-order valence-corrected chi connectivity index (χ2v) is 7.14. The van der Waals surface area contributed by atoms with Gasteiger partial charge in [-0.05, 0) is 36.5 Å². The Bertz CT molecular complexity index is 182. The van der Waals surface area contributed by atoms with Crippen LogP contribution in [0.2, 0.25) is 0 Å². The van der Waals surface area contributed by atoms with E-state index >= 15 is 0 Å². The fourth-order valence-electron chi connectivity index (χ4n) is 3.18. The highest BCUT2D eigenvalue weighted by molar-refractivity contribution is 4.71. The Labute approximate surface area is 123 Å². The van der Waals surface area contributed by atoms with Gasteiger partial charge in [-0.2, -0.15) is 0 Å². The molecule has 0 aliphatic rings. The normalized spacial score (nSPS) is 16.6. The Morgan fingerprint density at radius 2 is 1.32 bits per heavy atom. The average Bonchev–Trinajstić information content (AvgIpc) is 2.39. The highest BCUT2D eigenvalue weighted by Gasteiger charge is 2.20. The zero-order valence-electron chi connectivity index (χ0n) is 14.7. The Kier molecular flexibility index (Phi) is 11.8. The summed E-state index contributed by atoms with van der Waals surface area (Å²) < 4.78 is 0. The van der Waals surface area contributed by atoms with Crippen molar-refractivity contribution in [2.24, 2.45) is 23.7 Å². The van der Waals surface area contributed by atoms with E-state index in [-0.39, 0.29) is 0 Å². The molecule has 0 amide bonds. The number of unbranched alkanes of at least 4 members (excludes halogenated alkanes) is 2. The summed E-state index contributed by atoms with van der Waals surface area (Å²) in [5.41, 5.74) is 0. The molecule has 0 rings (SSSR count). The van der Waals surface area contributed by atoms with E-state index in [1.165, 1.54) is 57.8 Å². The van der Waals surface area contributed by atoms with Gasteiger partial charge in [0.1, 0.15) is 0 Å². The third-order valence-corrected chi connectivity index (χ3v) is 4.91. The number of hydrogen-bond acceptors (Lipinski definition) is 0. The van der Waals surface area contributed by atoms with Gasteiger partial charge in [-0.3, -0.25) is 0 Å². The van der Waals surface area contributed by atoms with Gasteiger partial charge in [0.15, 0.2) is 0 Å². The summed E-state index contributed by atoms with van der Waals surface area (Å²) in [5, 5.41) is 0. The highest BCUT2D eigenvalue weighted by atomic mass is 14.3. The van der Waals surface area contributed by atoms with Gasteiger partial charge in [0.05, 0.1) is 0 Å². The van der Waals surface area contributed by atoms with Crippen LogP contribution < -0.4 is 0 Å². The predicted molar refractivity (Wildman–Crippen MR) is 89.6 cm³/mol. The molecule has 0 bridgehead atoms. The molecule has 0 fully saturated rings. The molecule has 0 nitrogen and oxygen atoms in total. The number of rotatable bonds is 12. The lowest BCUT2D eigenvalue weighted by Crippen LogP contribution is -2.16. The van der Waals surface area contributed by atoms with Crippen molar-refractivity contribution < 1.29 is 0 Å². The van der Waals surface area contributed by atoms with Gasteiger partial charge in [0.2, 0.25) is 0 Å². The highest BCUT2D eigenvalue weighted by Crippen LogP contribution is 2.32. The van der Waals surface area contributed by atoms with Crippen LogP contribution in [0.25, 0.3) is 0 Å². The summed E-state index contributed by atoms with van der Waals surface area (Å²) in [7, 11) is 0. The second-order valence-electron chi connectivity index (χ2n) is 7.14. The van der Waals surface area contributed by atoms with Crippen molar-refractivity contribution in [2.45, 2.75) is 99.3 Å². The van der Waals surface area contributed by atoms with Crippen LogP contribution in [-0.2, 0) is 0 Å². The first-order valence-corrected chi connectivity index (χ1v) is 9.04. The maximum atomic E-state index is 2.44. The zero-order valence-corrected chi connectivity index (χ0v) is 14.7. The largest absolute Gasteiger partial charge is 0.0654 e. The Balaban J connectivity index is 4.36. The molecule has 0 N–H and O–H groups in total. The smallest absolute Gasteiger partial charge is 0.0388 e. The van der Waals surface area contributed by atoms with Gasteiger partial charge < -0.3 is 0 Å². The molecule has 0 heterocycles. The van der Waals surface area contributed by atoms with Crippen molar-refractivity contribution in [1.82, 2.24) is 0 Å². The molecule has 3 unspecified atom stereocenters. The van der Waals surface area contributed by atoms with Crippen LogP contribution in [0.5, 0.6) is 0 Å². The van der Waals surface area contributed by atoms with Crippen LogP contribution in [0, 0.1) is 23.7 Å². The Hall–Kier alpha value is 0. The second kappa shape index (κ2) is 11.8. The van der Waals surface area contributed by atoms with E-state index in [1.807, 2.05) is 0 Å². The van der Waals surface area contributed by atoms with Crippen LogP contribution >= 0.6 is 0 Å². The molecule has 0 heteroatoms. The van der Waals surface area contributed by atoms with E-state index in [9.17, 15) is 0 Å². The first-order valence-electron chi connectivity index (χ1n) is 9.04. The minimum absolute atomic E-state index is 0.868. The van der Waals surface area contributed by atoms with Gasteiger partial charge in [-0.25, -0.2) is 0 Å². The van der Waals surface area contributed by atoms with Gasteiger partial charge in [0, 0.05) is 0 Å². The Morgan fingerprint density at radius 1 is 0.737 bits per heavy atom. The molecule has 0 aromatic carbocycles.